The number of para-hydroxylation sites is 2. The van der Waals surface area contributed by atoms with E-state index in [2.05, 4.69) is 0 Å². The zero-order valence-electron chi connectivity index (χ0n) is 10.3. The van der Waals surface area contributed by atoms with Gasteiger partial charge in [0, 0.05) is 12.0 Å². The molecule has 1 heterocycles. The van der Waals surface area contributed by atoms with Gasteiger partial charge in [-0.2, -0.15) is 0 Å². The number of primary amides is 1. The SMILES string of the molecule is NC(=O)N1c2ccccc2C[C@@H](O)c2ccccc21. The number of carbonyl (C=O) groups excluding carboxylic acids is 1. The number of amides is 2. The van der Waals surface area contributed by atoms with E-state index in [9.17, 15) is 9.90 Å². The Balaban J connectivity index is 2.28. The monoisotopic (exact) mass is 254 g/mol. The summed E-state index contributed by atoms with van der Waals surface area (Å²) in [4.78, 5) is 13.3. The summed E-state index contributed by atoms with van der Waals surface area (Å²) >= 11 is 0. The molecule has 0 spiro atoms. The van der Waals surface area contributed by atoms with Gasteiger partial charge in [-0.3, -0.25) is 4.90 Å². The van der Waals surface area contributed by atoms with Gasteiger partial charge in [0.2, 0.25) is 0 Å². The summed E-state index contributed by atoms with van der Waals surface area (Å²) in [7, 11) is 0. The van der Waals surface area contributed by atoms with E-state index in [-0.39, 0.29) is 0 Å². The van der Waals surface area contributed by atoms with Gasteiger partial charge in [-0.1, -0.05) is 36.4 Å². The first-order valence-corrected chi connectivity index (χ1v) is 6.13. The number of anilines is 2. The Kier molecular flexibility index (Phi) is 2.72. The van der Waals surface area contributed by atoms with E-state index in [1.165, 1.54) is 4.90 Å². The Morgan fingerprint density at radius 1 is 1.11 bits per heavy atom. The largest absolute Gasteiger partial charge is 0.388 e. The third-order valence-electron chi connectivity index (χ3n) is 3.40. The number of carbonyl (C=O) groups is 1. The molecule has 3 N–H and O–H groups in total. The number of nitrogens with zero attached hydrogens (tertiary/aromatic N) is 1. The highest BCUT2D eigenvalue weighted by atomic mass is 16.3. The summed E-state index contributed by atoms with van der Waals surface area (Å²) in [5, 5.41) is 10.3. The van der Waals surface area contributed by atoms with Crippen molar-refractivity contribution < 1.29 is 9.90 Å². The van der Waals surface area contributed by atoms with Crippen LogP contribution in [-0.4, -0.2) is 11.1 Å². The fourth-order valence-electron chi connectivity index (χ4n) is 2.56. The first kappa shape index (κ1) is 11.7. The van der Waals surface area contributed by atoms with Crippen LogP contribution in [-0.2, 0) is 6.42 Å². The zero-order valence-corrected chi connectivity index (χ0v) is 10.3. The van der Waals surface area contributed by atoms with Gasteiger partial charge in [0.15, 0.2) is 0 Å². The van der Waals surface area contributed by atoms with Crippen LogP contribution in [0.2, 0.25) is 0 Å². The first-order valence-electron chi connectivity index (χ1n) is 6.13. The van der Waals surface area contributed by atoms with Crippen LogP contribution < -0.4 is 10.6 Å². The van der Waals surface area contributed by atoms with Gasteiger partial charge in [0.25, 0.3) is 0 Å². The maximum absolute atomic E-state index is 11.8. The quantitative estimate of drug-likeness (QED) is 0.758. The topological polar surface area (TPSA) is 66.6 Å². The number of fused-ring (bicyclic) bond motifs is 2. The Hall–Kier alpha value is -2.33. The van der Waals surface area contributed by atoms with Gasteiger partial charge in [-0.05, 0) is 17.7 Å². The standard InChI is InChI=1S/C15H14N2O2/c16-15(19)17-12-7-3-1-5-10(12)9-14(18)11-6-2-4-8-13(11)17/h1-8,14,18H,9H2,(H2,16,19)/t14-/m1/s1. The lowest BCUT2D eigenvalue weighted by Crippen LogP contribution is -2.32. The molecule has 2 aromatic rings. The lowest BCUT2D eigenvalue weighted by molar-refractivity contribution is 0.180. The normalized spacial score (nSPS) is 17.3. The molecule has 0 aromatic heterocycles. The van der Waals surface area contributed by atoms with Gasteiger partial charge >= 0.3 is 6.03 Å². The van der Waals surface area contributed by atoms with Gasteiger partial charge < -0.3 is 10.8 Å². The van der Waals surface area contributed by atoms with Gasteiger partial charge in [0.05, 0.1) is 17.5 Å². The highest BCUT2D eigenvalue weighted by Gasteiger charge is 2.27. The maximum Gasteiger partial charge on any atom is 0.323 e. The molecule has 0 fully saturated rings. The molecule has 0 aliphatic carbocycles. The maximum atomic E-state index is 11.8. The van der Waals surface area contributed by atoms with E-state index in [0.29, 0.717) is 12.1 Å². The van der Waals surface area contributed by atoms with Crippen molar-refractivity contribution >= 4 is 17.4 Å². The Morgan fingerprint density at radius 2 is 1.74 bits per heavy atom. The Bertz CT molecular complexity index is 640. The molecular weight excluding hydrogens is 240 g/mol. The van der Waals surface area contributed by atoms with E-state index in [0.717, 1.165) is 16.8 Å². The molecule has 0 unspecified atom stereocenters. The van der Waals surface area contributed by atoms with Crippen molar-refractivity contribution in [2.24, 2.45) is 5.73 Å². The molecule has 4 nitrogen and oxygen atoms in total. The van der Waals surface area contributed by atoms with Crippen LogP contribution in [0.3, 0.4) is 0 Å². The second-order valence-corrected chi connectivity index (χ2v) is 4.58. The van der Waals surface area contributed by atoms with Crippen molar-refractivity contribution in [1.29, 1.82) is 0 Å². The second kappa shape index (κ2) is 4.40. The van der Waals surface area contributed by atoms with Crippen molar-refractivity contribution in [3.8, 4) is 0 Å². The molecular formula is C15H14N2O2. The van der Waals surface area contributed by atoms with Crippen LogP contribution in [0, 0.1) is 0 Å². The van der Waals surface area contributed by atoms with E-state index < -0.39 is 12.1 Å². The van der Waals surface area contributed by atoms with Crippen molar-refractivity contribution in [1.82, 2.24) is 0 Å². The van der Waals surface area contributed by atoms with Crippen molar-refractivity contribution in [2.75, 3.05) is 4.90 Å². The molecule has 4 heteroatoms. The highest BCUT2D eigenvalue weighted by Crippen LogP contribution is 2.39. The molecule has 0 saturated carbocycles. The highest BCUT2D eigenvalue weighted by molar-refractivity contribution is 6.00. The fourth-order valence-corrected chi connectivity index (χ4v) is 2.56. The number of nitrogens with two attached hydrogens (primary N) is 1. The molecule has 2 amide bonds. The zero-order chi connectivity index (χ0) is 13.4. The van der Waals surface area contributed by atoms with Crippen molar-refractivity contribution in [3.05, 3.63) is 59.7 Å². The number of aliphatic hydroxyl groups excluding tert-OH is 1. The molecule has 1 aliphatic rings. The van der Waals surface area contributed by atoms with Crippen LogP contribution >= 0.6 is 0 Å². The van der Waals surface area contributed by atoms with Gasteiger partial charge in [0.1, 0.15) is 0 Å². The molecule has 0 bridgehead atoms. The van der Waals surface area contributed by atoms with Crippen molar-refractivity contribution in [2.45, 2.75) is 12.5 Å². The Morgan fingerprint density at radius 3 is 2.47 bits per heavy atom. The summed E-state index contributed by atoms with van der Waals surface area (Å²) in [6.45, 7) is 0. The van der Waals surface area contributed by atoms with Crippen LogP contribution in [0.15, 0.2) is 48.5 Å². The Labute approximate surface area is 111 Å². The number of benzene rings is 2. The number of aliphatic hydroxyl groups is 1. The lowest BCUT2D eigenvalue weighted by Gasteiger charge is -2.22. The van der Waals surface area contributed by atoms with E-state index in [1.807, 2.05) is 42.5 Å². The number of rotatable bonds is 0. The smallest absolute Gasteiger partial charge is 0.323 e. The van der Waals surface area contributed by atoms with Crippen LogP contribution in [0.4, 0.5) is 16.2 Å². The summed E-state index contributed by atoms with van der Waals surface area (Å²) in [6.07, 6.45) is -0.168. The van der Waals surface area contributed by atoms with Crippen LogP contribution in [0.25, 0.3) is 0 Å². The summed E-state index contributed by atoms with van der Waals surface area (Å²) in [5.74, 6) is 0. The molecule has 3 rings (SSSR count). The van der Waals surface area contributed by atoms with E-state index in [4.69, 9.17) is 5.73 Å². The number of hydrogen-bond donors (Lipinski definition) is 2. The third-order valence-corrected chi connectivity index (χ3v) is 3.40. The molecule has 1 aliphatic heterocycles. The van der Waals surface area contributed by atoms with Crippen LogP contribution in [0.1, 0.15) is 17.2 Å². The molecule has 96 valence electrons. The minimum Gasteiger partial charge on any atom is -0.388 e. The molecule has 2 aromatic carbocycles. The minimum atomic E-state index is -0.637. The third kappa shape index (κ3) is 1.86. The lowest BCUT2D eigenvalue weighted by atomic mass is 10.0. The van der Waals surface area contributed by atoms with E-state index >= 15 is 0 Å². The fraction of sp³-hybridized carbons (Fsp3) is 0.133. The van der Waals surface area contributed by atoms with Crippen LogP contribution in [0.5, 0.6) is 0 Å². The average molecular weight is 254 g/mol. The summed E-state index contributed by atoms with van der Waals surface area (Å²) < 4.78 is 0. The minimum absolute atomic E-state index is 0.469. The molecule has 0 radical (unpaired) electrons. The average Bonchev–Trinajstić information content (AvgIpc) is 2.53. The summed E-state index contributed by atoms with van der Waals surface area (Å²) in [5.41, 5.74) is 8.53. The van der Waals surface area contributed by atoms with Crippen molar-refractivity contribution in [3.63, 3.8) is 0 Å². The molecule has 0 saturated heterocycles. The number of urea groups is 1. The number of hydrogen-bond acceptors (Lipinski definition) is 2. The first-order chi connectivity index (χ1) is 9.18. The molecule has 19 heavy (non-hydrogen) atoms. The van der Waals surface area contributed by atoms with E-state index in [1.54, 1.807) is 6.07 Å². The second-order valence-electron chi connectivity index (χ2n) is 4.58. The predicted octanol–water partition coefficient (Wildman–Crippen LogP) is 2.49. The predicted molar refractivity (Wildman–Crippen MR) is 73.3 cm³/mol. The molecule has 1 atom stereocenters. The summed E-state index contributed by atoms with van der Waals surface area (Å²) in [6, 6.07) is 14.2. The van der Waals surface area contributed by atoms with Gasteiger partial charge in [-0.25, -0.2) is 4.79 Å². The van der Waals surface area contributed by atoms with Gasteiger partial charge in [-0.15, -0.1) is 0 Å².